The minimum absolute atomic E-state index is 0.164. The Morgan fingerprint density at radius 3 is 2.74 bits per heavy atom. The van der Waals surface area contributed by atoms with Crippen LogP contribution < -0.4 is 10.3 Å². The van der Waals surface area contributed by atoms with E-state index < -0.39 is 0 Å². The molecule has 0 saturated carbocycles. The minimum atomic E-state index is -0.318. The Labute approximate surface area is 163 Å². The van der Waals surface area contributed by atoms with Crippen molar-refractivity contribution in [1.29, 1.82) is 0 Å². The molecule has 0 aliphatic heterocycles. The van der Waals surface area contributed by atoms with Crippen LogP contribution in [0.5, 0.6) is 5.75 Å². The number of thiophene rings is 1. The molecule has 2 heterocycles. The topological polar surface area (TPSA) is 44.1 Å². The molecule has 136 valence electrons. The van der Waals surface area contributed by atoms with Gasteiger partial charge in [0.15, 0.2) is 0 Å². The van der Waals surface area contributed by atoms with Crippen LogP contribution >= 0.6 is 22.9 Å². The van der Waals surface area contributed by atoms with Gasteiger partial charge in [-0.25, -0.2) is 9.37 Å². The van der Waals surface area contributed by atoms with Gasteiger partial charge in [0.05, 0.1) is 25.4 Å². The third kappa shape index (κ3) is 3.34. The first-order chi connectivity index (χ1) is 13.1. The van der Waals surface area contributed by atoms with Crippen molar-refractivity contribution in [3.05, 3.63) is 80.9 Å². The molecule has 4 rings (SSSR count). The number of aromatic nitrogens is 2. The lowest BCUT2D eigenvalue weighted by molar-refractivity contribution is 0.408. The zero-order chi connectivity index (χ0) is 19.0. The molecule has 7 heteroatoms. The zero-order valence-electron chi connectivity index (χ0n) is 14.3. The van der Waals surface area contributed by atoms with Crippen molar-refractivity contribution < 1.29 is 9.13 Å². The fourth-order valence-electron chi connectivity index (χ4n) is 2.98. The van der Waals surface area contributed by atoms with Gasteiger partial charge in [0.25, 0.3) is 5.56 Å². The lowest BCUT2D eigenvalue weighted by Crippen LogP contribution is -2.21. The molecule has 0 fully saturated rings. The molecular weight excluding hydrogens is 387 g/mol. The fourth-order valence-corrected chi connectivity index (χ4v) is 4.08. The van der Waals surface area contributed by atoms with Gasteiger partial charge in [0, 0.05) is 21.5 Å². The smallest absolute Gasteiger partial charge is 0.263 e. The van der Waals surface area contributed by atoms with Crippen molar-refractivity contribution in [1.82, 2.24) is 9.55 Å². The average Bonchev–Trinajstić information content (AvgIpc) is 3.10. The van der Waals surface area contributed by atoms with Gasteiger partial charge in [-0.2, -0.15) is 0 Å². The second-order valence-corrected chi connectivity index (χ2v) is 7.26. The van der Waals surface area contributed by atoms with Crippen LogP contribution in [0.4, 0.5) is 4.39 Å². The van der Waals surface area contributed by atoms with E-state index in [1.807, 2.05) is 5.38 Å². The van der Waals surface area contributed by atoms with Crippen LogP contribution in [0, 0.1) is 5.82 Å². The highest BCUT2D eigenvalue weighted by atomic mass is 35.5. The molecule has 0 saturated heterocycles. The van der Waals surface area contributed by atoms with Crippen molar-refractivity contribution in [3.63, 3.8) is 0 Å². The summed E-state index contributed by atoms with van der Waals surface area (Å²) in [4.78, 5) is 18.2. The predicted molar refractivity (Wildman–Crippen MR) is 106 cm³/mol. The van der Waals surface area contributed by atoms with Gasteiger partial charge in [-0.05, 0) is 35.9 Å². The molecule has 0 N–H and O–H groups in total. The number of rotatable bonds is 4. The standard InChI is InChI=1S/C20H14ClFN2O2S/c1-26-17-7-4-14(21)8-13(17)9-24-11-23-19-18(20(24)25)16(10-27-19)12-2-5-15(22)6-3-12/h2-8,10-11H,9H2,1H3. The second-order valence-electron chi connectivity index (χ2n) is 5.97. The molecule has 0 unspecified atom stereocenters. The average molecular weight is 401 g/mol. The van der Waals surface area contributed by atoms with E-state index in [1.54, 1.807) is 37.4 Å². The lowest BCUT2D eigenvalue weighted by Gasteiger charge is -2.11. The van der Waals surface area contributed by atoms with E-state index >= 15 is 0 Å². The molecule has 27 heavy (non-hydrogen) atoms. The number of halogens is 2. The summed E-state index contributed by atoms with van der Waals surface area (Å²) in [5.41, 5.74) is 2.15. The van der Waals surface area contributed by atoms with Gasteiger partial charge in [0.2, 0.25) is 0 Å². The van der Waals surface area contributed by atoms with Gasteiger partial charge >= 0.3 is 0 Å². The quantitative estimate of drug-likeness (QED) is 0.485. The van der Waals surface area contributed by atoms with Gasteiger partial charge in [-0.3, -0.25) is 9.36 Å². The number of fused-ring (bicyclic) bond motifs is 1. The first kappa shape index (κ1) is 17.7. The summed E-state index contributed by atoms with van der Waals surface area (Å²) >= 11 is 7.48. The van der Waals surface area contributed by atoms with Crippen LogP contribution in [-0.4, -0.2) is 16.7 Å². The molecule has 2 aromatic heterocycles. The van der Waals surface area contributed by atoms with Crippen molar-refractivity contribution in [2.24, 2.45) is 0 Å². The normalized spacial score (nSPS) is 11.1. The number of benzene rings is 2. The first-order valence-corrected chi connectivity index (χ1v) is 9.37. The molecule has 0 amide bonds. The monoisotopic (exact) mass is 400 g/mol. The van der Waals surface area contributed by atoms with Crippen molar-refractivity contribution in [2.45, 2.75) is 6.54 Å². The highest BCUT2D eigenvalue weighted by Gasteiger charge is 2.14. The van der Waals surface area contributed by atoms with E-state index in [9.17, 15) is 9.18 Å². The van der Waals surface area contributed by atoms with Gasteiger partial charge in [-0.15, -0.1) is 11.3 Å². The van der Waals surface area contributed by atoms with Crippen LogP contribution in [-0.2, 0) is 6.54 Å². The van der Waals surface area contributed by atoms with E-state index in [2.05, 4.69) is 4.98 Å². The fraction of sp³-hybridized carbons (Fsp3) is 0.100. The number of methoxy groups -OCH3 is 1. The first-order valence-electron chi connectivity index (χ1n) is 8.12. The largest absolute Gasteiger partial charge is 0.496 e. The van der Waals surface area contributed by atoms with E-state index in [4.69, 9.17) is 16.3 Å². The van der Waals surface area contributed by atoms with E-state index in [1.165, 1.54) is 34.4 Å². The lowest BCUT2D eigenvalue weighted by atomic mass is 10.1. The number of ether oxygens (including phenoxy) is 1. The molecule has 0 atom stereocenters. The van der Waals surface area contributed by atoms with Gasteiger partial charge in [0.1, 0.15) is 16.4 Å². The van der Waals surface area contributed by atoms with Crippen LogP contribution in [0.15, 0.2) is 59.0 Å². The Balaban J connectivity index is 1.83. The van der Waals surface area contributed by atoms with Crippen molar-refractivity contribution in [2.75, 3.05) is 7.11 Å². The van der Waals surface area contributed by atoms with Gasteiger partial charge < -0.3 is 4.74 Å². The van der Waals surface area contributed by atoms with Crippen LogP contribution in [0.2, 0.25) is 5.02 Å². The molecule has 0 spiro atoms. The Hall–Kier alpha value is -2.70. The van der Waals surface area contributed by atoms with Crippen molar-refractivity contribution in [3.8, 4) is 16.9 Å². The summed E-state index contributed by atoms with van der Waals surface area (Å²) < 4.78 is 20.1. The summed E-state index contributed by atoms with van der Waals surface area (Å²) in [5, 5.41) is 2.96. The molecular formula is C20H14ClFN2O2S. The molecule has 0 aliphatic carbocycles. The molecule has 0 bridgehead atoms. The maximum atomic E-state index is 13.2. The maximum absolute atomic E-state index is 13.2. The van der Waals surface area contributed by atoms with Crippen molar-refractivity contribution >= 4 is 33.2 Å². The van der Waals surface area contributed by atoms with E-state index in [0.717, 1.165) is 16.7 Å². The third-order valence-electron chi connectivity index (χ3n) is 4.30. The number of hydrogen-bond donors (Lipinski definition) is 0. The van der Waals surface area contributed by atoms with Gasteiger partial charge in [-0.1, -0.05) is 23.7 Å². The summed E-state index contributed by atoms with van der Waals surface area (Å²) in [5.74, 6) is 0.331. The Morgan fingerprint density at radius 2 is 2.00 bits per heavy atom. The minimum Gasteiger partial charge on any atom is -0.496 e. The molecule has 0 aliphatic rings. The summed E-state index contributed by atoms with van der Waals surface area (Å²) in [6.07, 6.45) is 1.52. The molecule has 4 nitrogen and oxygen atoms in total. The second kappa shape index (κ2) is 7.13. The van der Waals surface area contributed by atoms with Crippen LogP contribution in [0.1, 0.15) is 5.56 Å². The third-order valence-corrected chi connectivity index (χ3v) is 5.42. The Morgan fingerprint density at radius 1 is 1.22 bits per heavy atom. The SMILES string of the molecule is COc1ccc(Cl)cc1Cn1cnc2scc(-c3ccc(F)cc3)c2c1=O. The van der Waals surface area contributed by atoms with Crippen LogP contribution in [0.3, 0.4) is 0 Å². The van der Waals surface area contributed by atoms with E-state index in [0.29, 0.717) is 21.0 Å². The predicted octanol–water partition coefficient (Wildman–Crippen LogP) is 4.97. The van der Waals surface area contributed by atoms with Crippen LogP contribution in [0.25, 0.3) is 21.3 Å². The highest BCUT2D eigenvalue weighted by Crippen LogP contribution is 2.31. The molecule has 2 aromatic carbocycles. The number of nitrogens with zero attached hydrogens (tertiary/aromatic N) is 2. The maximum Gasteiger partial charge on any atom is 0.263 e. The zero-order valence-corrected chi connectivity index (χ0v) is 15.9. The number of hydrogen-bond acceptors (Lipinski definition) is 4. The Bertz CT molecular complexity index is 1190. The summed E-state index contributed by atoms with van der Waals surface area (Å²) in [6, 6.07) is 11.4. The highest BCUT2D eigenvalue weighted by molar-refractivity contribution is 7.17. The summed E-state index contributed by atoms with van der Waals surface area (Å²) in [6.45, 7) is 0.282. The molecule has 0 radical (unpaired) electrons. The Kier molecular flexibility index (Phi) is 4.68. The molecule has 4 aromatic rings. The van der Waals surface area contributed by atoms with E-state index in [-0.39, 0.29) is 17.9 Å². The summed E-state index contributed by atoms with van der Waals surface area (Å²) in [7, 11) is 1.57.